The van der Waals surface area contributed by atoms with Crippen LogP contribution in [0.15, 0.2) is 54.9 Å². The number of nitrogen functional groups attached to an aromatic ring is 1. The third-order valence-corrected chi connectivity index (χ3v) is 3.56. The van der Waals surface area contributed by atoms with Crippen molar-refractivity contribution < 1.29 is 4.79 Å². The van der Waals surface area contributed by atoms with Crippen LogP contribution >= 0.6 is 0 Å². The third-order valence-electron chi connectivity index (χ3n) is 3.56. The number of carbonyl (C=O) groups excluding carboxylic acids is 1. The number of nitrogens with one attached hydrogen (secondary N) is 1. The van der Waals surface area contributed by atoms with Crippen LogP contribution in [0, 0.1) is 6.92 Å². The number of anilines is 1. The van der Waals surface area contributed by atoms with Crippen LogP contribution in [0.4, 0.5) is 5.82 Å². The van der Waals surface area contributed by atoms with E-state index < -0.39 is 0 Å². The Morgan fingerprint density at radius 2 is 1.96 bits per heavy atom. The number of hydrogen-bond acceptors (Lipinski definition) is 4. The molecule has 0 saturated carbocycles. The second-order valence-electron chi connectivity index (χ2n) is 5.16. The van der Waals surface area contributed by atoms with Crippen molar-refractivity contribution in [3.8, 4) is 5.69 Å². The van der Waals surface area contributed by atoms with Gasteiger partial charge in [-0.2, -0.15) is 5.10 Å². The Bertz CT molecular complexity index is 809. The molecule has 0 aliphatic carbocycles. The van der Waals surface area contributed by atoms with Gasteiger partial charge in [0.2, 0.25) is 0 Å². The maximum atomic E-state index is 12.3. The van der Waals surface area contributed by atoms with Crippen LogP contribution in [0.1, 0.15) is 21.6 Å². The molecule has 116 valence electrons. The average Bonchev–Trinajstić information content (AvgIpc) is 2.96. The predicted molar refractivity (Wildman–Crippen MR) is 88.1 cm³/mol. The highest BCUT2D eigenvalue weighted by Gasteiger charge is 2.14. The van der Waals surface area contributed by atoms with Gasteiger partial charge in [-0.1, -0.05) is 24.3 Å². The lowest BCUT2D eigenvalue weighted by Crippen LogP contribution is -2.23. The van der Waals surface area contributed by atoms with Gasteiger partial charge in [0, 0.05) is 12.7 Å². The van der Waals surface area contributed by atoms with E-state index in [0.29, 0.717) is 17.9 Å². The minimum atomic E-state index is -0.165. The van der Waals surface area contributed by atoms with Crippen LogP contribution in [-0.4, -0.2) is 20.7 Å². The van der Waals surface area contributed by atoms with Gasteiger partial charge < -0.3 is 11.1 Å². The zero-order valence-corrected chi connectivity index (χ0v) is 12.7. The Balaban J connectivity index is 1.73. The summed E-state index contributed by atoms with van der Waals surface area (Å²) in [5.41, 5.74) is 8.70. The SMILES string of the molecule is Cc1c(C(=O)NCc2ccc(N)nc2)cnn1-c1ccccc1. The van der Waals surface area contributed by atoms with Gasteiger partial charge in [-0.15, -0.1) is 0 Å². The van der Waals surface area contributed by atoms with Crippen molar-refractivity contribution in [2.75, 3.05) is 5.73 Å². The highest BCUT2D eigenvalue weighted by Crippen LogP contribution is 2.14. The summed E-state index contributed by atoms with van der Waals surface area (Å²) in [4.78, 5) is 16.3. The van der Waals surface area contributed by atoms with Crippen LogP contribution in [0.5, 0.6) is 0 Å². The largest absolute Gasteiger partial charge is 0.384 e. The second-order valence-corrected chi connectivity index (χ2v) is 5.16. The van der Waals surface area contributed by atoms with Crippen molar-refractivity contribution in [3.05, 3.63) is 71.7 Å². The molecule has 1 amide bonds. The highest BCUT2D eigenvalue weighted by molar-refractivity contribution is 5.95. The van der Waals surface area contributed by atoms with Crippen LogP contribution in [0.2, 0.25) is 0 Å². The fourth-order valence-electron chi connectivity index (χ4n) is 2.28. The Hall–Kier alpha value is -3.15. The number of para-hydroxylation sites is 1. The molecule has 0 aliphatic rings. The first kappa shape index (κ1) is 14.8. The van der Waals surface area contributed by atoms with Gasteiger partial charge in [0.25, 0.3) is 5.91 Å². The van der Waals surface area contributed by atoms with Crippen molar-refractivity contribution in [1.82, 2.24) is 20.1 Å². The highest BCUT2D eigenvalue weighted by atomic mass is 16.1. The Labute approximate surface area is 134 Å². The molecule has 3 rings (SSSR count). The van der Waals surface area contributed by atoms with Gasteiger partial charge in [0.1, 0.15) is 5.82 Å². The first-order valence-corrected chi connectivity index (χ1v) is 7.24. The topological polar surface area (TPSA) is 85.8 Å². The number of nitrogens with two attached hydrogens (primary N) is 1. The lowest BCUT2D eigenvalue weighted by Gasteiger charge is -2.06. The number of pyridine rings is 1. The molecule has 0 bridgehead atoms. The molecule has 23 heavy (non-hydrogen) atoms. The molecule has 3 N–H and O–H groups in total. The first-order valence-electron chi connectivity index (χ1n) is 7.24. The molecule has 0 aliphatic heterocycles. The van der Waals surface area contributed by atoms with E-state index in [2.05, 4.69) is 15.4 Å². The van der Waals surface area contributed by atoms with Crippen LogP contribution < -0.4 is 11.1 Å². The Morgan fingerprint density at radius 3 is 2.65 bits per heavy atom. The minimum Gasteiger partial charge on any atom is -0.384 e. The number of rotatable bonds is 4. The van der Waals surface area contributed by atoms with Crippen LogP contribution in [0.25, 0.3) is 5.69 Å². The summed E-state index contributed by atoms with van der Waals surface area (Å²) in [6, 6.07) is 13.2. The van der Waals surface area contributed by atoms with Crippen molar-refractivity contribution in [1.29, 1.82) is 0 Å². The number of amides is 1. The number of benzene rings is 1. The van der Waals surface area contributed by atoms with E-state index in [1.165, 1.54) is 0 Å². The van der Waals surface area contributed by atoms with Crippen molar-refractivity contribution in [3.63, 3.8) is 0 Å². The summed E-state index contributed by atoms with van der Waals surface area (Å²) in [5, 5.41) is 7.17. The third kappa shape index (κ3) is 3.21. The maximum absolute atomic E-state index is 12.3. The van der Waals surface area contributed by atoms with E-state index in [-0.39, 0.29) is 5.91 Å². The first-order chi connectivity index (χ1) is 11.1. The zero-order valence-electron chi connectivity index (χ0n) is 12.7. The van der Waals surface area contributed by atoms with Gasteiger partial charge in [-0.3, -0.25) is 4.79 Å². The van der Waals surface area contributed by atoms with Gasteiger partial charge >= 0.3 is 0 Å². The molecule has 6 heteroatoms. The van der Waals surface area contributed by atoms with Crippen LogP contribution in [-0.2, 0) is 6.54 Å². The minimum absolute atomic E-state index is 0.165. The standard InChI is InChI=1S/C17H17N5O/c1-12-15(11-21-22(12)14-5-3-2-4-6-14)17(23)20-10-13-7-8-16(18)19-9-13/h2-9,11H,10H2,1H3,(H2,18,19)(H,20,23). The normalized spacial score (nSPS) is 10.5. The van der Waals surface area contributed by atoms with Crippen molar-refractivity contribution in [2.24, 2.45) is 0 Å². The second kappa shape index (κ2) is 6.31. The van der Waals surface area contributed by atoms with E-state index in [1.807, 2.05) is 43.3 Å². The number of aromatic nitrogens is 3. The molecule has 0 fully saturated rings. The molecule has 0 spiro atoms. The average molecular weight is 307 g/mol. The van der Waals surface area contributed by atoms with Crippen LogP contribution in [0.3, 0.4) is 0 Å². The number of nitrogens with zero attached hydrogens (tertiary/aromatic N) is 3. The van der Waals surface area contributed by atoms with Crippen molar-refractivity contribution in [2.45, 2.75) is 13.5 Å². The van der Waals surface area contributed by atoms with Gasteiger partial charge in [-0.25, -0.2) is 9.67 Å². The van der Waals surface area contributed by atoms with Crippen molar-refractivity contribution >= 4 is 11.7 Å². The van der Waals surface area contributed by atoms with Gasteiger partial charge in [-0.05, 0) is 30.7 Å². The molecule has 2 heterocycles. The molecular formula is C17H17N5O. The lowest BCUT2D eigenvalue weighted by atomic mass is 10.2. The van der Waals surface area contributed by atoms with E-state index in [9.17, 15) is 4.79 Å². The summed E-state index contributed by atoms with van der Waals surface area (Å²) in [6.07, 6.45) is 3.23. The molecule has 6 nitrogen and oxygen atoms in total. The molecule has 0 atom stereocenters. The Morgan fingerprint density at radius 1 is 1.17 bits per heavy atom. The summed E-state index contributed by atoms with van der Waals surface area (Å²) in [7, 11) is 0. The monoisotopic (exact) mass is 307 g/mol. The number of carbonyl (C=O) groups is 1. The number of hydrogen-bond donors (Lipinski definition) is 2. The van der Waals surface area contributed by atoms with Gasteiger partial charge in [0.05, 0.1) is 23.1 Å². The molecule has 3 aromatic rings. The fourth-order valence-corrected chi connectivity index (χ4v) is 2.28. The molecule has 1 aromatic carbocycles. The van der Waals surface area contributed by atoms with E-state index in [1.54, 1.807) is 23.1 Å². The lowest BCUT2D eigenvalue weighted by molar-refractivity contribution is 0.0950. The molecular weight excluding hydrogens is 290 g/mol. The summed E-state index contributed by atoms with van der Waals surface area (Å²) < 4.78 is 1.75. The maximum Gasteiger partial charge on any atom is 0.255 e. The van der Waals surface area contributed by atoms with E-state index >= 15 is 0 Å². The molecule has 0 radical (unpaired) electrons. The summed E-state index contributed by atoms with van der Waals surface area (Å²) >= 11 is 0. The quantitative estimate of drug-likeness (QED) is 0.773. The van der Waals surface area contributed by atoms with E-state index in [4.69, 9.17) is 5.73 Å². The molecule has 2 aromatic heterocycles. The van der Waals surface area contributed by atoms with Gasteiger partial charge in [0.15, 0.2) is 0 Å². The summed E-state index contributed by atoms with van der Waals surface area (Å²) in [5.74, 6) is 0.293. The summed E-state index contributed by atoms with van der Waals surface area (Å²) in [6.45, 7) is 2.27. The molecule has 0 unspecified atom stereocenters. The molecule has 0 saturated heterocycles. The zero-order chi connectivity index (χ0) is 16.2. The fraction of sp³-hybridized carbons (Fsp3) is 0.118. The predicted octanol–water partition coefficient (Wildman–Crippen LogP) is 2.09. The smallest absolute Gasteiger partial charge is 0.255 e. The van der Waals surface area contributed by atoms with E-state index in [0.717, 1.165) is 16.9 Å². The Kier molecular flexibility index (Phi) is 4.05.